The van der Waals surface area contributed by atoms with Crippen LogP contribution in [0.25, 0.3) is 11.1 Å². The Bertz CT molecular complexity index is 775. The molecule has 0 radical (unpaired) electrons. The van der Waals surface area contributed by atoms with Gasteiger partial charge in [0.15, 0.2) is 0 Å². The number of benzene rings is 2. The summed E-state index contributed by atoms with van der Waals surface area (Å²) in [4.78, 5) is 11.8. The Morgan fingerprint density at radius 2 is 1.82 bits per heavy atom. The fourth-order valence-corrected chi connectivity index (χ4v) is 2.46. The average Bonchev–Trinajstić information content (AvgIpc) is 2.55. The van der Waals surface area contributed by atoms with Crippen LogP contribution in [-0.4, -0.2) is 15.0 Å². The Morgan fingerprint density at radius 1 is 1.00 bits per heavy atom. The molecule has 1 heterocycles. The van der Waals surface area contributed by atoms with Crippen LogP contribution in [0.1, 0.15) is 11.1 Å². The Hall–Kier alpha value is -2.46. The normalized spacial score (nSPS) is 10.5. The first-order valence-corrected chi connectivity index (χ1v) is 7.34. The Labute approximate surface area is 134 Å². The molecule has 0 spiro atoms. The van der Waals surface area contributed by atoms with Crippen molar-refractivity contribution in [1.29, 1.82) is 0 Å². The maximum absolute atomic E-state index is 5.76. The van der Waals surface area contributed by atoms with E-state index in [0.29, 0.717) is 12.5 Å². The average molecular weight is 311 g/mol. The molecule has 0 fully saturated rings. The van der Waals surface area contributed by atoms with Crippen molar-refractivity contribution in [3.05, 3.63) is 71.3 Å². The van der Waals surface area contributed by atoms with E-state index in [-0.39, 0.29) is 5.28 Å². The molecular formula is C17H15ClN4. The molecule has 0 aliphatic carbocycles. The quantitative estimate of drug-likeness (QED) is 0.788. The van der Waals surface area contributed by atoms with Crippen molar-refractivity contribution >= 4 is 17.5 Å². The van der Waals surface area contributed by atoms with Gasteiger partial charge in [-0.3, -0.25) is 0 Å². The number of nitrogens with zero attached hydrogens (tertiary/aromatic N) is 3. The molecular weight excluding hydrogens is 296 g/mol. The minimum atomic E-state index is 0.187. The largest absolute Gasteiger partial charge is 0.350 e. The summed E-state index contributed by atoms with van der Waals surface area (Å²) in [5, 5.41) is 3.36. The van der Waals surface area contributed by atoms with Crippen LogP contribution in [0.2, 0.25) is 5.28 Å². The third kappa shape index (κ3) is 3.23. The van der Waals surface area contributed by atoms with E-state index < -0.39 is 0 Å². The van der Waals surface area contributed by atoms with Crippen molar-refractivity contribution in [2.45, 2.75) is 13.5 Å². The molecule has 0 aliphatic rings. The zero-order chi connectivity index (χ0) is 15.4. The fraction of sp³-hybridized carbons (Fsp3) is 0.118. The zero-order valence-corrected chi connectivity index (χ0v) is 12.9. The van der Waals surface area contributed by atoms with Crippen LogP contribution in [0.15, 0.2) is 54.9 Å². The van der Waals surface area contributed by atoms with Gasteiger partial charge in [0, 0.05) is 6.54 Å². The van der Waals surface area contributed by atoms with Gasteiger partial charge in [-0.2, -0.15) is 4.98 Å². The van der Waals surface area contributed by atoms with Gasteiger partial charge in [0.1, 0.15) is 6.33 Å². The van der Waals surface area contributed by atoms with E-state index in [0.717, 1.165) is 0 Å². The summed E-state index contributed by atoms with van der Waals surface area (Å²) in [5.74, 6) is 0.476. The summed E-state index contributed by atoms with van der Waals surface area (Å²) in [6.45, 7) is 2.76. The van der Waals surface area contributed by atoms with Gasteiger partial charge in [0.2, 0.25) is 11.2 Å². The molecule has 0 unspecified atom stereocenters. The molecule has 1 N–H and O–H groups in total. The molecule has 0 amide bonds. The van der Waals surface area contributed by atoms with E-state index in [1.165, 1.54) is 28.6 Å². The van der Waals surface area contributed by atoms with Gasteiger partial charge in [0.25, 0.3) is 0 Å². The summed E-state index contributed by atoms with van der Waals surface area (Å²) in [7, 11) is 0. The van der Waals surface area contributed by atoms with Gasteiger partial charge in [-0.05, 0) is 40.8 Å². The second-order valence-electron chi connectivity index (χ2n) is 4.89. The van der Waals surface area contributed by atoms with Crippen molar-refractivity contribution in [3.63, 3.8) is 0 Å². The second kappa shape index (κ2) is 6.54. The summed E-state index contributed by atoms with van der Waals surface area (Å²) in [6, 6.07) is 16.6. The molecule has 0 saturated carbocycles. The zero-order valence-electron chi connectivity index (χ0n) is 12.1. The van der Waals surface area contributed by atoms with E-state index in [4.69, 9.17) is 11.6 Å². The maximum Gasteiger partial charge on any atom is 0.227 e. The molecule has 0 bridgehead atoms. The van der Waals surface area contributed by atoms with Gasteiger partial charge in [-0.25, -0.2) is 9.97 Å². The van der Waals surface area contributed by atoms with Gasteiger partial charge in [-0.15, -0.1) is 0 Å². The third-order valence-corrected chi connectivity index (χ3v) is 3.69. The van der Waals surface area contributed by atoms with Crippen LogP contribution in [0.3, 0.4) is 0 Å². The molecule has 4 nitrogen and oxygen atoms in total. The first kappa shape index (κ1) is 14.5. The lowest BCUT2D eigenvalue weighted by molar-refractivity contribution is 0.996. The number of hydrogen-bond acceptors (Lipinski definition) is 4. The van der Waals surface area contributed by atoms with Crippen LogP contribution in [0.5, 0.6) is 0 Å². The molecule has 2 aromatic carbocycles. The van der Waals surface area contributed by atoms with Gasteiger partial charge < -0.3 is 5.32 Å². The van der Waals surface area contributed by atoms with Crippen molar-refractivity contribution in [2.75, 3.05) is 5.32 Å². The topological polar surface area (TPSA) is 50.7 Å². The molecule has 0 saturated heterocycles. The summed E-state index contributed by atoms with van der Waals surface area (Å²) < 4.78 is 0. The second-order valence-corrected chi connectivity index (χ2v) is 5.23. The predicted octanol–water partition coefficient (Wildman–Crippen LogP) is 4.11. The molecule has 110 valence electrons. The maximum atomic E-state index is 5.76. The SMILES string of the molecule is Cc1c(CNc2ncnc(Cl)n2)cccc1-c1ccccc1. The Balaban J connectivity index is 1.83. The first-order chi connectivity index (χ1) is 10.7. The number of aromatic nitrogens is 3. The lowest BCUT2D eigenvalue weighted by Gasteiger charge is -2.12. The first-order valence-electron chi connectivity index (χ1n) is 6.96. The monoisotopic (exact) mass is 310 g/mol. The predicted molar refractivity (Wildman–Crippen MR) is 88.8 cm³/mol. The number of nitrogens with one attached hydrogen (secondary N) is 1. The summed E-state index contributed by atoms with van der Waals surface area (Å²) in [5.41, 5.74) is 4.87. The molecule has 0 aliphatic heterocycles. The highest BCUT2D eigenvalue weighted by Crippen LogP contribution is 2.25. The highest BCUT2D eigenvalue weighted by Gasteiger charge is 2.06. The van der Waals surface area contributed by atoms with Crippen LogP contribution in [-0.2, 0) is 6.54 Å². The Kier molecular flexibility index (Phi) is 4.30. The minimum Gasteiger partial charge on any atom is -0.350 e. The van der Waals surface area contributed by atoms with Crippen molar-refractivity contribution in [3.8, 4) is 11.1 Å². The standard InChI is InChI=1S/C17H15ClN4/c1-12-14(10-19-17-21-11-20-16(18)22-17)8-5-9-15(12)13-6-3-2-4-7-13/h2-9,11H,10H2,1H3,(H,19,20,21,22). The molecule has 22 heavy (non-hydrogen) atoms. The summed E-state index contributed by atoms with van der Waals surface area (Å²) in [6.07, 6.45) is 1.39. The van der Waals surface area contributed by atoms with E-state index >= 15 is 0 Å². The van der Waals surface area contributed by atoms with Crippen LogP contribution in [0.4, 0.5) is 5.95 Å². The van der Waals surface area contributed by atoms with Crippen LogP contribution in [0, 0.1) is 6.92 Å². The van der Waals surface area contributed by atoms with Crippen LogP contribution >= 0.6 is 11.6 Å². The number of halogens is 1. The third-order valence-electron chi connectivity index (χ3n) is 3.51. The lowest BCUT2D eigenvalue weighted by atomic mass is 9.96. The smallest absolute Gasteiger partial charge is 0.227 e. The molecule has 3 rings (SSSR count). The van der Waals surface area contributed by atoms with Crippen molar-refractivity contribution in [1.82, 2.24) is 15.0 Å². The van der Waals surface area contributed by atoms with E-state index in [1.54, 1.807) is 0 Å². The van der Waals surface area contributed by atoms with E-state index in [1.807, 2.05) is 18.2 Å². The highest BCUT2D eigenvalue weighted by molar-refractivity contribution is 6.28. The van der Waals surface area contributed by atoms with Crippen molar-refractivity contribution in [2.24, 2.45) is 0 Å². The molecule has 5 heteroatoms. The Morgan fingerprint density at radius 3 is 2.59 bits per heavy atom. The summed E-state index contributed by atoms with van der Waals surface area (Å²) >= 11 is 5.76. The van der Waals surface area contributed by atoms with Gasteiger partial charge in [0.05, 0.1) is 0 Å². The molecule has 3 aromatic rings. The molecule has 1 aromatic heterocycles. The van der Waals surface area contributed by atoms with Gasteiger partial charge in [-0.1, -0.05) is 48.5 Å². The highest BCUT2D eigenvalue weighted by atomic mass is 35.5. The number of hydrogen-bond donors (Lipinski definition) is 1. The molecule has 0 atom stereocenters. The van der Waals surface area contributed by atoms with Gasteiger partial charge >= 0.3 is 0 Å². The minimum absolute atomic E-state index is 0.187. The van der Waals surface area contributed by atoms with Crippen LogP contribution < -0.4 is 5.32 Å². The number of anilines is 1. The van der Waals surface area contributed by atoms with E-state index in [9.17, 15) is 0 Å². The van der Waals surface area contributed by atoms with Crippen molar-refractivity contribution < 1.29 is 0 Å². The lowest BCUT2D eigenvalue weighted by Crippen LogP contribution is -2.05. The van der Waals surface area contributed by atoms with E-state index in [2.05, 4.69) is 57.5 Å². The fourth-order valence-electron chi connectivity index (χ4n) is 2.34. The number of rotatable bonds is 4.